The minimum atomic E-state index is -0.347. The molecule has 0 N–H and O–H groups in total. The molecule has 1 aromatic rings. The monoisotopic (exact) mass is 223 g/mol. The van der Waals surface area contributed by atoms with E-state index in [1.54, 1.807) is 29.2 Å². The minimum absolute atomic E-state index is 0.149. The van der Waals surface area contributed by atoms with Crippen LogP contribution < -0.4 is 0 Å². The smallest absolute Gasteiger partial charge is 0.338 e. The molecule has 0 aliphatic carbocycles. The Morgan fingerprint density at radius 1 is 1.33 bits per heavy atom. The molecule has 0 amide bonds. The van der Waals surface area contributed by atoms with Gasteiger partial charge in [-0.15, -0.1) is 0 Å². The molecule has 0 saturated carbocycles. The molecular formula is C11H13NO2S. The van der Waals surface area contributed by atoms with Crippen LogP contribution in [0.25, 0.3) is 0 Å². The first-order chi connectivity index (χ1) is 7.11. The van der Waals surface area contributed by atoms with Gasteiger partial charge in [0.2, 0.25) is 0 Å². The van der Waals surface area contributed by atoms with Gasteiger partial charge in [-0.3, -0.25) is 0 Å². The summed E-state index contributed by atoms with van der Waals surface area (Å²) in [7, 11) is 3.64. The topological polar surface area (TPSA) is 29.5 Å². The highest BCUT2D eigenvalue weighted by atomic mass is 32.1. The van der Waals surface area contributed by atoms with E-state index in [4.69, 9.17) is 17.0 Å². The van der Waals surface area contributed by atoms with Gasteiger partial charge in [-0.25, -0.2) is 4.79 Å². The fourth-order valence-corrected chi connectivity index (χ4v) is 0.973. The van der Waals surface area contributed by atoms with E-state index in [0.717, 1.165) is 0 Å². The molecule has 0 atom stereocenters. The number of esters is 1. The van der Waals surface area contributed by atoms with Crippen molar-refractivity contribution in [2.24, 2.45) is 0 Å². The summed E-state index contributed by atoms with van der Waals surface area (Å²) in [5.74, 6) is -0.347. The lowest BCUT2D eigenvalue weighted by molar-refractivity contribution is 0.0559. The molecule has 0 bridgehead atoms. The molecule has 0 spiro atoms. The number of nitrogens with zero attached hydrogens (tertiary/aromatic N) is 1. The zero-order chi connectivity index (χ0) is 11.3. The van der Waals surface area contributed by atoms with Crippen molar-refractivity contribution in [2.75, 3.05) is 20.7 Å². The Labute approximate surface area is 94.6 Å². The maximum absolute atomic E-state index is 11.5. The molecular weight excluding hydrogens is 210 g/mol. The van der Waals surface area contributed by atoms with Crippen molar-refractivity contribution in [3.63, 3.8) is 0 Å². The fraction of sp³-hybridized carbons (Fsp3) is 0.273. The second kappa shape index (κ2) is 5.46. The number of hydrogen-bond donors (Lipinski definition) is 0. The number of ether oxygens (including phenoxy) is 1. The third-order valence-electron chi connectivity index (χ3n) is 1.84. The third-order valence-corrected chi connectivity index (χ3v) is 2.32. The highest BCUT2D eigenvalue weighted by Gasteiger charge is 2.07. The first-order valence-corrected chi connectivity index (χ1v) is 4.94. The molecule has 1 rings (SSSR count). The van der Waals surface area contributed by atoms with Crippen molar-refractivity contribution < 1.29 is 9.53 Å². The lowest BCUT2D eigenvalue weighted by Gasteiger charge is -2.13. The van der Waals surface area contributed by atoms with E-state index in [1.807, 2.05) is 20.2 Å². The number of likely N-dealkylation sites (N-methyl/N-ethyl adjacent to an activating group) is 1. The average Bonchev–Trinajstić information content (AvgIpc) is 2.26. The number of carbonyl (C=O) groups excluding carboxylic acids is 1. The zero-order valence-corrected chi connectivity index (χ0v) is 9.58. The van der Waals surface area contributed by atoms with E-state index in [0.29, 0.717) is 10.6 Å². The summed E-state index contributed by atoms with van der Waals surface area (Å²) < 4.78 is 5.03. The number of carbonyl (C=O) groups is 1. The van der Waals surface area contributed by atoms with Crippen molar-refractivity contribution in [1.82, 2.24) is 4.90 Å². The summed E-state index contributed by atoms with van der Waals surface area (Å²) in [6, 6.07) is 8.85. The highest BCUT2D eigenvalue weighted by molar-refractivity contribution is 7.80. The van der Waals surface area contributed by atoms with Crippen LogP contribution in [0.2, 0.25) is 0 Å². The highest BCUT2D eigenvalue weighted by Crippen LogP contribution is 2.01. The Kier molecular flexibility index (Phi) is 4.24. The summed E-state index contributed by atoms with van der Waals surface area (Å²) in [4.78, 5) is 13.8. The fourth-order valence-electron chi connectivity index (χ4n) is 0.914. The van der Waals surface area contributed by atoms with Crippen LogP contribution in [0.3, 0.4) is 0 Å². The minimum Gasteiger partial charge on any atom is -0.455 e. The largest absolute Gasteiger partial charge is 0.455 e. The zero-order valence-electron chi connectivity index (χ0n) is 8.77. The van der Waals surface area contributed by atoms with E-state index in [2.05, 4.69) is 0 Å². The number of benzene rings is 1. The Morgan fingerprint density at radius 3 is 2.47 bits per heavy atom. The van der Waals surface area contributed by atoms with Crippen molar-refractivity contribution in [3.05, 3.63) is 35.9 Å². The third kappa shape index (κ3) is 3.67. The molecule has 0 saturated heterocycles. The van der Waals surface area contributed by atoms with E-state index in [-0.39, 0.29) is 12.6 Å². The maximum atomic E-state index is 11.5. The van der Waals surface area contributed by atoms with Crippen molar-refractivity contribution in [1.29, 1.82) is 0 Å². The molecule has 0 aliphatic heterocycles. The van der Waals surface area contributed by atoms with Gasteiger partial charge in [0.05, 0.1) is 5.56 Å². The molecule has 80 valence electrons. The number of rotatable bonds is 3. The van der Waals surface area contributed by atoms with Crippen LogP contribution in [0.5, 0.6) is 0 Å². The Bertz CT molecular complexity index is 349. The van der Waals surface area contributed by atoms with Crippen LogP contribution in [-0.2, 0) is 4.74 Å². The van der Waals surface area contributed by atoms with Gasteiger partial charge >= 0.3 is 5.97 Å². The number of thiocarbonyl (C=S) groups is 1. The van der Waals surface area contributed by atoms with Gasteiger partial charge in [0, 0.05) is 14.1 Å². The van der Waals surface area contributed by atoms with Crippen LogP contribution in [0, 0.1) is 0 Å². The van der Waals surface area contributed by atoms with Crippen LogP contribution in [0.15, 0.2) is 30.3 Å². The Balaban J connectivity index is 2.48. The Morgan fingerprint density at radius 2 is 1.93 bits per heavy atom. The average molecular weight is 223 g/mol. The van der Waals surface area contributed by atoms with Crippen LogP contribution in [-0.4, -0.2) is 36.6 Å². The standard InChI is InChI=1S/C11H13NO2S/c1-12(2)10(15)8-14-11(13)9-6-4-3-5-7-9/h3-7H,8H2,1-2H3. The first kappa shape index (κ1) is 11.7. The summed E-state index contributed by atoms with van der Waals surface area (Å²) in [6.45, 7) is 0.149. The quantitative estimate of drug-likeness (QED) is 0.576. The van der Waals surface area contributed by atoms with Gasteiger partial charge in [0.1, 0.15) is 11.6 Å². The van der Waals surface area contributed by atoms with Crippen molar-refractivity contribution in [2.45, 2.75) is 0 Å². The SMILES string of the molecule is CN(C)C(=S)COC(=O)c1ccccc1. The predicted octanol–water partition coefficient (Wildman–Crippen LogP) is 1.73. The molecule has 3 nitrogen and oxygen atoms in total. The van der Waals surface area contributed by atoms with E-state index in [1.165, 1.54) is 0 Å². The Hall–Kier alpha value is -1.42. The molecule has 0 heterocycles. The molecule has 15 heavy (non-hydrogen) atoms. The molecule has 0 radical (unpaired) electrons. The summed E-state index contributed by atoms with van der Waals surface area (Å²) in [5, 5.41) is 0. The summed E-state index contributed by atoms with van der Waals surface area (Å²) in [5.41, 5.74) is 0.541. The van der Waals surface area contributed by atoms with Crippen LogP contribution in [0.1, 0.15) is 10.4 Å². The summed E-state index contributed by atoms with van der Waals surface area (Å²) >= 11 is 4.99. The molecule has 1 aromatic carbocycles. The van der Waals surface area contributed by atoms with E-state index in [9.17, 15) is 4.79 Å². The summed E-state index contributed by atoms with van der Waals surface area (Å²) in [6.07, 6.45) is 0. The molecule has 4 heteroatoms. The van der Waals surface area contributed by atoms with Crippen LogP contribution in [0.4, 0.5) is 0 Å². The van der Waals surface area contributed by atoms with Crippen LogP contribution >= 0.6 is 12.2 Å². The van der Waals surface area contributed by atoms with Gasteiger partial charge in [0.25, 0.3) is 0 Å². The second-order valence-electron chi connectivity index (χ2n) is 3.23. The number of hydrogen-bond acceptors (Lipinski definition) is 3. The van der Waals surface area contributed by atoms with Gasteiger partial charge in [-0.2, -0.15) is 0 Å². The molecule has 0 fully saturated rings. The van der Waals surface area contributed by atoms with Gasteiger partial charge < -0.3 is 9.64 Å². The van der Waals surface area contributed by atoms with E-state index < -0.39 is 0 Å². The van der Waals surface area contributed by atoms with Gasteiger partial charge in [-0.05, 0) is 12.1 Å². The molecule has 0 aliphatic rings. The molecule has 0 aromatic heterocycles. The molecule has 0 unspecified atom stereocenters. The van der Waals surface area contributed by atoms with Crippen molar-refractivity contribution >= 4 is 23.2 Å². The second-order valence-corrected chi connectivity index (χ2v) is 3.70. The van der Waals surface area contributed by atoms with E-state index >= 15 is 0 Å². The van der Waals surface area contributed by atoms with Gasteiger partial charge in [0.15, 0.2) is 0 Å². The lowest BCUT2D eigenvalue weighted by Crippen LogP contribution is -2.25. The van der Waals surface area contributed by atoms with Gasteiger partial charge in [-0.1, -0.05) is 30.4 Å². The predicted molar refractivity (Wildman–Crippen MR) is 63.0 cm³/mol. The first-order valence-electron chi connectivity index (χ1n) is 4.53. The van der Waals surface area contributed by atoms with Crippen molar-refractivity contribution in [3.8, 4) is 0 Å². The lowest BCUT2D eigenvalue weighted by atomic mass is 10.2. The normalized spacial score (nSPS) is 9.47. The maximum Gasteiger partial charge on any atom is 0.338 e.